The molecular weight excluding hydrogens is 274 g/mol. The van der Waals surface area contributed by atoms with Crippen molar-refractivity contribution in [1.29, 1.82) is 0 Å². The fourth-order valence-corrected chi connectivity index (χ4v) is 1.97. The standard InChI is InChI=1S/C14H17N3O4/c1-9-14(20)16-12(18)7-17(9)13(19)8-21-11-4-2-10(6-15)3-5-11/h2-5,9H,6-8,15H2,1H3,(H,16,18,20). The highest BCUT2D eigenvalue weighted by molar-refractivity contribution is 6.04. The number of piperazine rings is 1. The summed E-state index contributed by atoms with van der Waals surface area (Å²) in [7, 11) is 0. The molecule has 1 atom stereocenters. The van der Waals surface area contributed by atoms with Gasteiger partial charge in [0.15, 0.2) is 6.61 Å². The van der Waals surface area contributed by atoms with Gasteiger partial charge >= 0.3 is 0 Å². The molecule has 112 valence electrons. The molecule has 0 saturated carbocycles. The molecule has 0 aromatic heterocycles. The maximum atomic E-state index is 12.0. The lowest BCUT2D eigenvalue weighted by Gasteiger charge is -2.31. The maximum Gasteiger partial charge on any atom is 0.261 e. The second kappa shape index (κ2) is 6.36. The summed E-state index contributed by atoms with van der Waals surface area (Å²) in [6, 6.07) is 6.36. The number of ether oxygens (including phenoxy) is 1. The molecule has 7 heteroatoms. The third kappa shape index (κ3) is 3.57. The number of imide groups is 1. The Bertz CT molecular complexity index is 556. The smallest absolute Gasteiger partial charge is 0.261 e. The Hall–Kier alpha value is -2.41. The zero-order valence-electron chi connectivity index (χ0n) is 11.7. The van der Waals surface area contributed by atoms with Gasteiger partial charge in [0.1, 0.15) is 18.3 Å². The van der Waals surface area contributed by atoms with E-state index in [4.69, 9.17) is 10.5 Å². The van der Waals surface area contributed by atoms with Gasteiger partial charge in [-0.2, -0.15) is 0 Å². The lowest BCUT2D eigenvalue weighted by atomic mass is 10.2. The van der Waals surface area contributed by atoms with Crippen molar-refractivity contribution in [3.63, 3.8) is 0 Å². The van der Waals surface area contributed by atoms with Crippen LogP contribution in [0.4, 0.5) is 0 Å². The minimum Gasteiger partial charge on any atom is -0.484 e. The van der Waals surface area contributed by atoms with E-state index in [1.807, 2.05) is 0 Å². The van der Waals surface area contributed by atoms with Crippen molar-refractivity contribution >= 4 is 17.7 Å². The number of hydrogen-bond donors (Lipinski definition) is 2. The second-order valence-corrected chi connectivity index (χ2v) is 4.75. The van der Waals surface area contributed by atoms with E-state index in [2.05, 4.69) is 5.32 Å². The van der Waals surface area contributed by atoms with Gasteiger partial charge in [-0.05, 0) is 24.6 Å². The van der Waals surface area contributed by atoms with Gasteiger partial charge in [-0.3, -0.25) is 19.7 Å². The molecule has 3 amide bonds. The molecule has 1 heterocycles. The van der Waals surface area contributed by atoms with E-state index in [0.29, 0.717) is 12.3 Å². The molecule has 1 aromatic carbocycles. The molecule has 0 bridgehead atoms. The quantitative estimate of drug-likeness (QED) is 0.721. The molecule has 21 heavy (non-hydrogen) atoms. The number of hydrogen-bond acceptors (Lipinski definition) is 5. The van der Waals surface area contributed by atoms with E-state index >= 15 is 0 Å². The Morgan fingerprint density at radius 3 is 2.67 bits per heavy atom. The first-order valence-electron chi connectivity index (χ1n) is 6.56. The maximum absolute atomic E-state index is 12.0. The second-order valence-electron chi connectivity index (χ2n) is 4.75. The number of amides is 3. The summed E-state index contributed by atoms with van der Waals surface area (Å²) in [6.07, 6.45) is 0. The molecule has 0 spiro atoms. The topological polar surface area (TPSA) is 102 Å². The van der Waals surface area contributed by atoms with Gasteiger partial charge in [0.2, 0.25) is 11.8 Å². The Morgan fingerprint density at radius 1 is 1.38 bits per heavy atom. The first-order chi connectivity index (χ1) is 10.0. The monoisotopic (exact) mass is 291 g/mol. The van der Waals surface area contributed by atoms with Gasteiger partial charge < -0.3 is 15.4 Å². The highest BCUT2D eigenvalue weighted by Crippen LogP contribution is 2.12. The summed E-state index contributed by atoms with van der Waals surface area (Å²) in [5.74, 6) is -0.847. The summed E-state index contributed by atoms with van der Waals surface area (Å²) in [6.45, 7) is 1.63. The van der Waals surface area contributed by atoms with E-state index < -0.39 is 23.8 Å². The zero-order valence-corrected chi connectivity index (χ0v) is 11.7. The molecule has 3 N–H and O–H groups in total. The van der Waals surface area contributed by atoms with E-state index in [0.717, 1.165) is 5.56 Å². The number of nitrogens with two attached hydrogens (primary N) is 1. The number of nitrogens with zero attached hydrogens (tertiary/aromatic N) is 1. The lowest BCUT2D eigenvalue weighted by molar-refractivity contribution is -0.150. The van der Waals surface area contributed by atoms with Crippen molar-refractivity contribution in [2.24, 2.45) is 5.73 Å². The fourth-order valence-electron chi connectivity index (χ4n) is 1.97. The zero-order chi connectivity index (χ0) is 15.4. The summed E-state index contributed by atoms with van der Waals surface area (Å²) in [5, 5.41) is 2.18. The van der Waals surface area contributed by atoms with Gasteiger partial charge in [0, 0.05) is 6.54 Å². The van der Waals surface area contributed by atoms with Crippen LogP contribution in [0.15, 0.2) is 24.3 Å². The van der Waals surface area contributed by atoms with Gasteiger partial charge in [0.05, 0.1) is 0 Å². The highest BCUT2D eigenvalue weighted by Gasteiger charge is 2.33. The lowest BCUT2D eigenvalue weighted by Crippen LogP contribution is -2.59. The molecule has 0 aliphatic carbocycles. The molecule has 1 aliphatic heterocycles. The molecule has 0 radical (unpaired) electrons. The van der Waals surface area contributed by atoms with Crippen molar-refractivity contribution in [2.75, 3.05) is 13.2 Å². The average molecular weight is 291 g/mol. The molecule has 1 aromatic rings. The van der Waals surface area contributed by atoms with Crippen LogP contribution >= 0.6 is 0 Å². The Balaban J connectivity index is 1.94. The Labute approximate surface area is 122 Å². The Kier molecular flexibility index (Phi) is 4.54. The predicted octanol–water partition coefficient (Wildman–Crippen LogP) is -0.602. The van der Waals surface area contributed by atoms with Gasteiger partial charge in [-0.1, -0.05) is 12.1 Å². The van der Waals surface area contributed by atoms with E-state index in [1.165, 1.54) is 4.90 Å². The van der Waals surface area contributed by atoms with Crippen molar-refractivity contribution in [3.05, 3.63) is 29.8 Å². The number of rotatable bonds is 4. The number of benzene rings is 1. The Morgan fingerprint density at radius 2 is 2.05 bits per heavy atom. The van der Waals surface area contributed by atoms with Crippen LogP contribution in [0.2, 0.25) is 0 Å². The number of carbonyl (C=O) groups is 3. The third-order valence-electron chi connectivity index (χ3n) is 3.27. The molecule has 1 saturated heterocycles. The minimum absolute atomic E-state index is 0.138. The van der Waals surface area contributed by atoms with Crippen LogP contribution < -0.4 is 15.8 Å². The van der Waals surface area contributed by atoms with Crippen LogP contribution in [-0.2, 0) is 20.9 Å². The SMILES string of the molecule is CC1C(=O)NC(=O)CN1C(=O)COc1ccc(CN)cc1. The summed E-state index contributed by atoms with van der Waals surface area (Å²) in [5.41, 5.74) is 6.45. The molecule has 1 aliphatic rings. The van der Waals surface area contributed by atoms with Crippen LogP contribution in [-0.4, -0.2) is 41.8 Å². The van der Waals surface area contributed by atoms with Crippen molar-refractivity contribution < 1.29 is 19.1 Å². The largest absolute Gasteiger partial charge is 0.484 e. The van der Waals surface area contributed by atoms with E-state index in [1.54, 1.807) is 31.2 Å². The van der Waals surface area contributed by atoms with Crippen LogP contribution in [0, 0.1) is 0 Å². The van der Waals surface area contributed by atoms with E-state index in [9.17, 15) is 14.4 Å². The first kappa shape index (κ1) is 15.0. The number of carbonyl (C=O) groups excluding carboxylic acids is 3. The summed E-state index contributed by atoms with van der Waals surface area (Å²) in [4.78, 5) is 36.0. The fraction of sp³-hybridized carbons (Fsp3) is 0.357. The minimum atomic E-state index is -0.682. The summed E-state index contributed by atoms with van der Waals surface area (Å²) < 4.78 is 5.36. The first-order valence-corrected chi connectivity index (χ1v) is 6.56. The van der Waals surface area contributed by atoms with Crippen LogP contribution in [0.1, 0.15) is 12.5 Å². The normalized spacial score (nSPS) is 18.4. The van der Waals surface area contributed by atoms with Crippen LogP contribution in [0.5, 0.6) is 5.75 Å². The van der Waals surface area contributed by atoms with E-state index in [-0.39, 0.29) is 13.2 Å². The molecular formula is C14H17N3O4. The van der Waals surface area contributed by atoms with Crippen molar-refractivity contribution in [3.8, 4) is 5.75 Å². The molecule has 2 rings (SSSR count). The number of nitrogens with one attached hydrogen (secondary N) is 1. The molecule has 7 nitrogen and oxygen atoms in total. The van der Waals surface area contributed by atoms with Crippen molar-refractivity contribution in [2.45, 2.75) is 19.5 Å². The van der Waals surface area contributed by atoms with Gasteiger partial charge in [0.25, 0.3) is 5.91 Å². The summed E-state index contributed by atoms with van der Waals surface area (Å²) >= 11 is 0. The highest BCUT2D eigenvalue weighted by atomic mass is 16.5. The van der Waals surface area contributed by atoms with Crippen LogP contribution in [0.3, 0.4) is 0 Å². The van der Waals surface area contributed by atoms with Gasteiger partial charge in [-0.25, -0.2) is 0 Å². The third-order valence-corrected chi connectivity index (χ3v) is 3.27. The van der Waals surface area contributed by atoms with Gasteiger partial charge in [-0.15, -0.1) is 0 Å². The molecule has 1 unspecified atom stereocenters. The molecule has 1 fully saturated rings. The van der Waals surface area contributed by atoms with Crippen molar-refractivity contribution in [1.82, 2.24) is 10.2 Å². The average Bonchev–Trinajstić information content (AvgIpc) is 2.49. The van der Waals surface area contributed by atoms with Crippen LogP contribution in [0.25, 0.3) is 0 Å². The predicted molar refractivity (Wildman–Crippen MR) is 74.2 cm³/mol.